The van der Waals surface area contributed by atoms with Crippen LogP contribution < -0.4 is 0 Å². The standard InChI is InChI=1S/C12H12N2O.C3H8/c1-8-2-3-9-7-13-14(12(9)4-8)10-5-11(15)6-10;1-3-2/h2-4,7,10H,5-6H2,1H3;3H2,1-2H3. The lowest BCUT2D eigenvalue weighted by atomic mass is 9.91. The van der Waals surface area contributed by atoms with Crippen molar-refractivity contribution < 1.29 is 4.79 Å². The smallest absolute Gasteiger partial charge is 0.137 e. The van der Waals surface area contributed by atoms with Gasteiger partial charge < -0.3 is 0 Å². The van der Waals surface area contributed by atoms with Crippen LogP contribution in [0.4, 0.5) is 0 Å². The molecule has 0 radical (unpaired) electrons. The lowest BCUT2D eigenvalue weighted by molar-refractivity contribution is -0.126. The Kier molecular flexibility index (Phi) is 3.80. The van der Waals surface area contributed by atoms with E-state index in [1.165, 1.54) is 12.0 Å². The van der Waals surface area contributed by atoms with Gasteiger partial charge in [0.25, 0.3) is 0 Å². The lowest BCUT2D eigenvalue weighted by Crippen LogP contribution is -2.27. The molecule has 0 bridgehead atoms. The monoisotopic (exact) mass is 244 g/mol. The topological polar surface area (TPSA) is 34.9 Å². The number of hydrogen-bond donors (Lipinski definition) is 0. The maximum absolute atomic E-state index is 11.0. The summed E-state index contributed by atoms with van der Waals surface area (Å²) >= 11 is 0. The zero-order valence-corrected chi connectivity index (χ0v) is 11.3. The summed E-state index contributed by atoms with van der Waals surface area (Å²) in [4.78, 5) is 11.0. The van der Waals surface area contributed by atoms with Gasteiger partial charge in [0.1, 0.15) is 5.78 Å². The van der Waals surface area contributed by atoms with E-state index in [4.69, 9.17) is 0 Å². The highest BCUT2D eigenvalue weighted by Gasteiger charge is 2.29. The van der Waals surface area contributed by atoms with Gasteiger partial charge in [0.05, 0.1) is 17.8 Å². The largest absolute Gasteiger partial charge is 0.300 e. The van der Waals surface area contributed by atoms with Crippen molar-refractivity contribution in [2.75, 3.05) is 0 Å². The molecule has 0 unspecified atom stereocenters. The number of carbonyl (C=O) groups excluding carboxylic acids is 1. The average Bonchev–Trinajstić information content (AvgIpc) is 2.68. The number of rotatable bonds is 1. The first-order valence-electron chi connectivity index (χ1n) is 6.61. The van der Waals surface area contributed by atoms with Gasteiger partial charge in [-0.25, -0.2) is 0 Å². The van der Waals surface area contributed by atoms with E-state index < -0.39 is 0 Å². The number of Topliss-reactive ketones (excluding diaryl/α,β-unsaturated/α-hetero) is 1. The Morgan fingerprint density at radius 2 is 2.00 bits per heavy atom. The minimum atomic E-state index is 0.289. The first-order valence-corrected chi connectivity index (χ1v) is 6.61. The van der Waals surface area contributed by atoms with E-state index >= 15 is 0 Å². The second kappa shape index (κ2) is 5.34. The number of aromatic nitrogens is 2. The van der Waals surface area contributed by atoms with Crippen LogP contribution in [0.25, 0.3) is 10.9 Å². The fourth-order valence-electron chi connectivity index (χ4n) is 2.08. The Morgan fingerprint density at radius 3 is 2.61 bits per heavy atom. The summed E-state index contributed by atoms with van der Waals surface area (Å²) < 4.78 is 1.99. The van der Waals surface area contributed by atoms with E-state index in [-0.39, 0.29) is 6.04 Å². The summed E-state index contributed by atoms with van der Waals surface area (Å²) in [5, 5.41) is 5.51. The molecule has 96 valence electrons. The summed E-state index contributed by atoms with van der Waals surface area (Å²) in [7, 11) is 0. The van der Waals surface area contributed by atoms with E-state index in [0.717, 1.165) is 10.9 Å². The number of benzene rings is 1. The number of fused-ring (bicyclic) bond motifs is 1. The molecule has 0 atom stereocenters. The Hall–Kier alpha value is -1.64. The van der Waals surface area contributed by atoms with Gasteiger partial charge in [-0.2, -0.15) is 5.10 Å². The number of hydrogen-bond acceptors (Lipinski definition) is 2. The molecule has 1 fully saturated rings. The van der Waals surface area contributed by atoms with Crippen molar-refractivity contribution in [3.63, 3.8) is 0 Å². The summed E-state index contributed by atoms with van der Waals surface area (Å²) in [5.41, 5.74) is 2.38. The highest BCUT2D eigenvalue weighted by atomic mass is 16.1. The molecule has 1 aliphatic carbocycles. The zero-order valence-electron chi connectivity index (χ0n) is 11.3. The van der Waals surface area contributed by atoms with Gasteiger partial charge in [-0.1, -0.05) is 32.4 Å². The third-order valence-electron chi connectivity index (χ3n) is 3.03. The van der Waals surface area contributed by atoms with Crippen molar-refractivity contribution in [1.82, 2.24) is 9.78 Å². The second-order valence-corrected chi connectivity index (χ2v) is 4.96. The number of ketones is 1. The third-order valence-corrected chi connectivity index (χ3v) is 3.03. The summed E-state index contributed by atoms with van der Waals surface area (Å²) in [6.45, 7) is 6.32. The number of aryl methyl sites for hydroxylation is 1. The molecule has 18 heavy (non-hydrogen) atoms. The second-order valence-electron chi connectivity index (χ2n) is 4.96. The van der Waals surface area contributed by atoms with Gasteiger partial charge in [-0.3, -0.25) is 9.48 Å². The van der Waals surface area contributed by atoms with Gasteiger partial charge >= 0.3 is 0 Å². The van der Waals surface area contributed by atoms with E-state index in [1.807, 2.05) is 10.9 Å². The van der Waals surface area contributed by atoms with Crippen LogP contribution >= 0.6 is 0 Å². The van der Waals surface area contributed by atoms with Crippen molar-refractivity contribution in [3.8, 4) is 0 Å². The van der Waals surface area contributed by atoms with E-state index in [2.05, 4.69) is 44.1 Å². The summed E-state index contributed by atoms with van der Waals surface area (Å²) in [6, 6.07) is 6.58. The van der Waals surface area contributed by atoms with Crippen LogP contribution in [0.5, 0.6) is 0 Å². The molecule has 0 N–H and O–H groups in total. The molecule has 1 heterocycles. The molecule has 1 aromatic heterocycles. The average molecular weight is 244 g/mol. The summed E-state index contributed by atoms with van der Waals surface area (Å²) in [6.07, 6.45) is 4.41. The van der Waals surface area contributed by atoms with E-state index in [1.54, 1.807) is 0 Å². The molecular weight excluding hydrogens is 224 g/mol. The molecule has 0 saturated heterocycles. The quantitative estimate of drug-likeness (QED) is 0.767. The lowest BCUT2D eigenvalue weighted by Gasteiger charge is -2.25. The molecule has 3 rings (SSSR count). The normalized spacial score (nSPS) is 15.2. The Balaban J connectivity index is 0.000000367. The SMILES string of the molecule is CCC.Cc1ccc2cnn(C3CC(=O)C3)c2c1. The molecule has 3 heteroatoms. The van der Waals surface area contributed by atoms with Crippen molar-refractivity contribution in [2.24, 2.45) is 0 Å². The van der Waals surface area contributed by atoms with Crippen molar-refractivity contribution in [1.29, 1.82) is 0 Å². The number of carbonyl (C=O) groups is 1. The molecule has 1 aromatic carbocycles. The predicted molar refractivity (Wildman–Crippen MR) is 73.7 cm³/mol. The molecule has 2 aromatic rings. The molecule has 1 saturated carbocycles. The van der Waals surface area contributed by atoms with Gasteiger partial charge in [-0.05, 0) is 18.6 Å². The van der Waals surface area contributed by atoms with Crippen molar-refractivity contribution in [3.05, 3.63) is 30.0 Å². The van der Waals surface area contributed by atoms with Gasteiger partial charge in [0, 0.05) is 18.2 Å². The molecular formula is C15H20N2O. The summed E-state index contributed by atoms with van der Waals surface area (Å²) in [5.74, 6) is 0.344. The van der Waals surface area contributed by atoms with Crippen LogP contribution in [-0.2, 0) is 4.79 Å². The fourth-order valence-corrected chi connectivity index (χ4v) is 2.08. The molecule has 0 aliphatic heterocycles. The fraction of sp³-hybridized carbons (Fsp3) is 0.467. The van der Waals surface area contributed by atoms with Crippen LogP contribution in [0.2, 0.25) is 0 Å². The Morgan fingerprint density at radius 1 is 1.33 bits per heavy atom. The minimum Gasteiger partial charge on any atom is -0.300 e. The molecule has 1 aliphatic rings. The first-order chi connectivity index (χ1) is 8.65. The first kappa shape index (κ1) is 12.8. The minimum absolute atomic E-state index is 0.289. The molecule has 0 amide bonds. The molecule has 0 spiro atoms. The van der Waals surface area contributed by atoms with Crippen LogP contribution in [0, 0.1) is 6.92 Å². The van der Waals surface area contributed by atoms with Crippen LogP contribution in [-0.4, -0.2) is 15.6 Å². The molecule has 3 nitrogen and oxygen atoms in total. The number of nitrogens with zero attached hydrogens (tertiary/aromatic N) is 2. The van der Waals surface area contributed by atoms with Crippen LogP contribution in [0.15, 0.2) is 24.4 Å². The van der Waals surface area contributed by atoms with Gasteiger partial charge in [0.15, 0.2) is 0 Å². The van der Waals surface area contributed by atoms with E-state index in [9.17, 15) is 4.79 Å². The maximum atomic E-state index is 11.0. The maximum Gasteiger partial charge on any atom is 0.137 e. The van der Waals surface area contributed by atoms with Gasteiger partial charge in [0.2, 0.25) is 0 Å². The van der Waals surface area contributed by atoms with Gasteiger partial charge in [-0.15, -0.1) is 0 Å². The van der Waals surface area contributed by atoms with Crippen molar-refractivity contribution >= 4 is 16.7 Å². The zero-order chi connectivity index (χ0) is 13.1. The van der Waals surface area contributed by atoms with Crippen LogP contribution in [0.3, 0.4) is 0 Å². The van der Waals surface area contributed by atoms with E-state index in [0.29, 0.717) is 18.6 Å². The van der Waals surface area contributed by atoms with Crippen molar-refractivity contribution in [2.45, 2.75) is 46.1 Å². The Bertz CT molecular complexity index is 549. The highest BCUT2D eigenvalue weighted by Crippen LogP contribution is 2.30. The van der Waals surface area contributed by atoms with Crippen LogP contribution in [0.1, 0.15) is 44.7 Å². The Labute approximate surface area is 108 Å². The predicted octanol–water partition coefficient (Wildman–Crippen LogP) is 3.67. The highest BCUT2D eigenvalue weighted by molar-refractivity contribution is 5.86. The third kappa shape index (κ3) is 2.45.